The Morgan fingerprint density at radius 2 is 2.16 bits per heavy atom. The van der Waals surface area contributed by atoms with Gasteiger partial charge in [0, 0.05) is 61.2 Å². The molecule has 0 saturated carbocycles. The van der Waals surface area contributed by atoms with Crippen molar-refractivity contribution in [2.75, 3.05) is 24.2 Å². The second-order valence-corrected chi connectivity index (χ2v) is 7.31. The van der Waals surface area contributed by atoms with Crippen molar-refractivity contribution < 1.29 is 8.91 Å². The number of rotatable bonds is 6. The lowest BCUT2D eigenvalue weighted by molar-refractivity contribution is 0.377. The summed E-state index contributed by atoms with van der Waals surface area (Å²) in [7, 11) is 1.76. The van der Waals surface area contributed by atoms with Crippen LogP contribution in [0.25, 0.3) is 5.57 Å². The molecule has 160 valence electrons. The quantitative estimate of drug-likeness (QED) is 0.413. The smallest absolute Gasteiger partial charge is 0.143 e. The lowest BCUT2D eigenvalue weighted by Gasteiger charge is -2.26. The summed E-state index contributed by atoms with van der Waals surface area (Å²) in [5.74, 6) is 1.18. The Morgan fingerprint density at radius 1 is 1.32 bits per heavy atom. The third kappa shape index (κ3) is 3.98. The van der Waals surface area contributed by atoms with E-state index in [0.29, 0.717) is 35.6 Å². The van der Waals surface area contributed by atoms with Crippen LogP contribution < -0.4 is 16.0 Å². The van der Waals surface area contributed by atoms with Crippen LogP contribution in [0.1, 0.15) is 41.5 Å². The molecule has 3 heterocycles. The largest absolute Gasteiger partial charge is 0.398 e. The van der Waals surface area contributed by atoms with E-state index < -0.39 is 5.82 Å². The van der Waals surface area contributed by atoms with Gasteiger partial charge in [0.1, 0.15) is 23.7 Å². The fraction of sp³-hybridized carbons (Fsp3) is 0.273. The number of fused-ring (bicyclic) bond motifs is 1. The highest BCUT2D eigenvalue weighted by Gasteiger charge is 2.22. The van der Waals surface area contributed by atoms with Crippen molar-refractivity contribution in [2.45, 2.75) is 26.3 Å². The number of nitrogens with zero attached hydrogens (tertiary/aromatic N) is 4. The molecule has 1 aliphatic heterocycles. The van der Waals surface area contributed by atoms with Crippen molar-refractivity contribution in [3.63, 3.8) is 0 Å². The first-order valence-corrected chi connectivity index (χ1v) is 10.1. The SMILES string of the molecule is CC/C(=C\NC)c1cc(C(=N)c2cc(N3CCc4oncc4C3)ncn2)c(N)cc1F. The van der Waals surface area contributed by atoms with Gasteiger partial charge in [-0.2, -0.15) is 0 Å². The second kappa shape index (κ2) is 8.55. The summed E-state index contributed by atoms with van der Waals surface area (Å²) in [6.45, 7) is 3.30. The van der Waals surface area contributed by atoms with Gasteiger partial charge < -0.3 is 20.5 Å². The van der Waals surface area contributed by atoms with Crippen LogP contribution in [0.2, 0.25) is 0 Å². The van der Waals surface area contributed by atoms with Crippen LogP contribution in [0.3, 0.4) is 0 Å². The van der Waals surface area contributed by atoms with Crippen LogP contribution in [0.15, 0.2) is 41.4 Å². The van der Waals surface area contributed by atoms with Gasteiger partial charge in [-0.25, -0.2) is 14.4 Å². The zero-order valence-corrected chi connectivity index (χ0v) is 17.4. The third-order valence-corrected chi connectivity index (χ3v) is 5.39. The van der Waals surface area contributed by atoms with E-state index in [1.165, 1.54) is 12.4 Å². The van der Waals surface area contributed by atoms with Crippen molar-refractivity contribution in [1.82, 2.24) is 20.4 Å². The van der Waals surface area contributed by atoms with E-state index in [-0.39, 0.29) is 11.4 Å². The molecule has 4 N–H and O–H groups in total. The predicted octanol–water partition coefficient (Wildman–Crippen LogP) is 3.14. The molecule has 9 heteroatoms. The molecule has 1 aromatic carbocycles. The molecule has 8 nitrogen and oxygen atoms in total. The van der Waals surface area contributed by atoms with E-state index in [4.69, 9.17) is 15.7 Å². The summed E-state index contributed by atoms with van der Waals surface area (Å²) >= 11 is 0. The van der Waals surface area contributed by atoms with Crippen LogP contribution in [0.5, 0.6) is 0 Å². The maximum atomic E-state index is 14.6. The van der Waals surface area contributed by atoms with Crippen molar-refractivity contribution in [3.05, 3.63) is 70.9 Å². The number of nitrogens with one attached hydrogen (secondary N) is 2. The number of benzene rings is 1. The summed E-state index contributed by atoms with van der Waals surface area (Å²) in [5, 5.41) is 15.5. The number of nitrogen functional groups attached to an aromatic ring is 1. The zero-order chi connectivity index (χ0) is 22.0. The first kappa shape index (κ1) is 20.5. The Morgan fingerprint density at radius 3 is 2.94 bits per heavy atom. The average molecular weight is 421 g/mol. The Labute approximate surface area is 179 Å². The third-order valence-electron chi connectivity index (χ3n) is 5.39. The van der Waals surface area contributed by atoms with Crippen LogP contribution in [-0.4, -0.2) is 34.4 Å². The summed E-state index contributed by atoms with van der Waals surface area (Å²) < 4.78 is 19.8. The minimum absolute atomic E-state index is 0.116. The Kier molecular flexibility index (Phi) is 5.66. The average Bonchev–Trinajstić information content (AvgIpc) is 3.25. The second-order valence-electron chi connectivity index (χ2n) is 7.31. The standard InChI is InChI=1S/C22H24FN7O/c1-3-13(9-26-2)15-6-16(18(24)7-17(15)23)22(25)19-8-21(28-12-27-19)30-5-4-20-14(11-30)10-29-31-20/h6-10,12,25-26H,3-5,11,24H2,1-2H3/b13-9+,25-22?. The molecule has 0 fully saturated rings. The maximum Gasteiger partial charge on any atom is 0.143 e. The van der Waals surface area contributed by atoms with Gasteiger partial charge in [0.15, 0.2) is 0 Å². The number of hydrogen-bond donors (Lipinski definition) is 3. The van der Waals surface area contributed by atoms with E-state index in [1.54, 1.807) is 31.6 Å². The number of allylic oxidation sites excluding steroid dienone is 1. The molecule has 3 aromatic rings. The van der Waals surface area contributed by atoms with Crippen LogP contribution >= 0.6 is 0 Å². The van der Waals surface area contributed by atoms with E-state index >= 15 is 0 Å². The highest BCUT2D eigenvalue weighted by molar-refractivity contribution is 6.13. The monoisotopic (exact) mass is 421 g/mol. The topological polar surface area (TPSA) is 117 Å². The molecule has 0 atom stereocenters. The summed E-state index contributed by atoms with van der Waals surface area (Å²) in [6, 6.07) is 4.64. The molecule has 0 spiro atoms. The molecule has 0 radical (unpaired) electrons. The maximum absolute atomic E-state index is 14.6. The molecule has 0 amide bonds. The molecule has 1 aliphatic rings. The number of aromatic nitrogens is 3. The fourth-order valence-corrected chi connectivity index (χ4v) is 3.73. The first-order valence-electron chi connectivity index (χ1n) is 10.1. The minimum Gasteiger partial charge on any atom is -0.398 e. The van der Waals surface area contributed by atoms with Crippen LogP contribution in [-0.2, 0) is 13.0 Å². The van der Waals surface area contributed by atoms with Gasteiger partial charge >= 0.3 is 0 Å². The highest BCUT2D eigenvalue weighted by atomic mass is 19.1. The lowest BCUT2D eigenvalue weighted by Crippen LogP contribution is -2.30. The van der Waals surface area contributed by atoms with E-state index in [1.807, 2.05) is 6.92 Å². The molecule has 0 unspecified atom stereocenters. The lowest BCUT2D eigenvalue weighted by atomic mass is 9.96. The summed E-state index contributed by atoms with van der Waals surface area (Å²) in [4.78, 5) is 10.7. The highest BCUT2D eigenvalue weighted by Crippen LogP contribution is 2.28. The predicted molar refractivity (Wildman–Crippen MR) is 117 cm³/mol. The van der Waals surface area contributed by atoms with E-state index in [9.17, 15) is 4.39 Å². The first-order chi connectivity index (χ1) is 15.0. The van der Waals surface area contributed by atoms with Crippen LogP contribution in [0.4, 0.5) is 15.9 Å². The van der Waals surface area contributed by atoms with E-state index in [0.717, 1.165) is 29.9 Å². The van der Waals surface area contributed by atoms with Crippen molar-refractivity contribution in [3.8, 4) is 0 Å². The molecular weight excluding hydrogens is 397 g/mol. The number of hydrogen-bond acceptors (Lipinski definition) is 8. The van der Waals surface area contributed by atoms with Gasteiger partial charge in [-0.15, -0.1) is 0 Å². The van der Waals surface area contributed by atoms with Gasteiger partial charge in [-0.05, 0) is 24.1 Å². The number of anilines is 2. The summed E-state index contributed by atoms with van der Waals surface area (Å²) in [5.41, 5.74) is 9.46. The molecule has 2 aromatic heterocycles. The Balaban J connectivity index is 1.66. The minimum atomic E-state index is -0.418. The van der Waals surface area contributed by atoms with Gasteiger partial charge in [-0.3, -0.25) is 5.41 Å². The molecule has 0 bridgehead atoms. The Hall–Kier alpha value is -3.75. The normalized spacial score (nSPS) is 13.8. The van der Waals surface area contributed by atoms with Crippen molar-refractivity contribution >= 4 is 22.8 Å². The molecular formula is C22H24FN7O. The fourth-order valence-electron chi connectivity index (χ4n) is 3.73. The molecule has 31 heavy (non-hydrogen) atoms. The molecule has 4 rings (SSSR count). The number of nitrogens with two attached hydrogens (primary N) is 1. The van der Waals surface area contributed by atoms with Gasteiger partial charge in [0.05, 0.1) is 17.6 Å². The van der Waals surface area contributed by atoms with Gasteiger partial charge in [0.25, 0.3) is 0 Å². The molecule has 0 saturated heterocycles. The zero-order valence-electron chi connectivity index (χ0n) is 17.4. The van der Waals surface area contributed by atoms with Crippen molar-refractivity contribution in [2.24, 2.45) is 0 Å². The van der Waals surface area contributed by atoms with E-state index in [2.05, 4.69) is 25.3 Å². The molecule has 0 aliphatic carbocycles. The van der Waals surface area contributed by atoms with Crippen LogP contribution in [0, 0.1) is 11.2 Å². The summed E-state index contributed by atoms with van der Waals surface area (Å²) in [6.07, 6.45) is 6.27. The Bertz CT molecular complexity index is 1150. The van der Waals surface area contributed by atoms with Gasteiger partial charge in [0.2, 0.25) is 0 Å². The van der Waals surface area contributed by atoms with Crippen molar-refractivity contribution in [1.29, 1.82) is 5.41 Å². The number of halogens is 1. The van der Waals surface area contributed by atoms with Gasteiger partial charge in [-0.1, -0.05) is 12.1 Å².